The number of rotatable bonds is 9. The molecule has 0 saturated carbocycles. The summed E-state index contributed by atoms with van der Waals surface area (Å²) < 4.78 is 5.35. The van der Waals surface area contributed by atoms with Crippen LogP contribution in [0.3, 0.4) is 0 Å². The van der Waals surface area contributed by atoms with Crippen LogP contribution in [0.4, 0.5) is 28.8 Å². The number of carbonyl (C=O) groups is 1. The van der Waals surface area contributed by atoms with Crippen molar-refractivity contribution in [1.29, 1.82) is 5.26 Å². The number of nitriles is 1. The predicted octanol–water partition coefficient (Wildman–Crippen LogP) is 5.05. The standard InChI is InChI=1S/C28H27N7O2/c1-35(2)14-6-9-26(36)32-24-13-12-23(37-3)16-25(24)33-28-30-18-21(17-29)27(34-28)31-22-11-10-19-7-4-5-8-20(19)15-22/h4-13,15-16,18H,14H2,1-3H3,(H,32,36)(H2,30,31,33,34)/b9-6+. The van der Waals surface area contributed by atoms with Crippen LogP contribution in [0.2, 0.25) is 0 Å². The van der Waals surface area contributed by atoms with Gasteiger partial charge in [-0.2, -0.15) is 10.2 Å². The van der Waals surface area contributed by atoms with Crippen LogP contribution in [-0.2, 0) is 4.79 Å². The smallest absolute Gasteiger partial charge is 0.248 e. The number of aromatic nitrogens is 2. The second kappa shape index (κ2) is 11.7. The van der Waals surface area contributed by atoms with E-state index in [2.05, 4.69) is 32.0 Å². The van der Waals surface area contributed by atoms with E-state index in [1.165, 1.54) is 12.3 Å². The summed E-state index contributed by atoms with van der Waals surface area (Å²) in [4.78, 5) is 23.2. The minimum atomic E-state index is -0.269. The van der Waals surface area contributed by atoms with E-state index in [4.69, 9.17) is 4.74 Å². The largest absolute Gasteiger partial charge is 0.497 e. The number of amides is 1. The number of nitrogens with one attached hydrogen (secondary N) is 3. The van der Waals surface area contributed by atoms with Crippen molar-refractivity contribution in [2.24, 2.45) is 0 Å². The molecule has 4 rings (SSSR count). The van der Waals surface area contributed by atoms with E-state index in [1.807, 2.05) is 61.5 Å². The molecule has 0 aliphatic rings. The number of carbonyl (C=O) groups excluding carboxylic acids is 1. The van der Waals surface area contributed by atoms with Crippen molar-refractivity contribution < 1.29 is 9.53 Å². The molecule has 0 bridgehead atoms. The first kappa shape index (κ1) is 25.2. The summed E-state index contributed by atoms with van der Waals surface area (Å²) in [6.07, 6.45) is 4.71. The Bertz CT molecular complexity index is 1490. The van der Waals surface area contributed by atoms with Gasteiger partial charge in [-0.1, -0.05) is 36.4 Å². The van der Waals surface area contributed by atoms with Crippen LogP contribution in [-0.4, -0.2) is 48.5 Å². The fourth-order valence-electron chi connectivity index (χ4n) is 3.55. The topological polar surface area (TPSA) is 115 Å². The second-order valence-electron chi connectivity index (χ2n) is 8.45. The average molecular weight is 494 g/mol. The number of fused-ring (bicyclic) bond motifs is 1. The summed E-state index contributed by atoms with van der Waals surface area (Å²) in [5.74, 6) is 0.922. The van der Waals surface area contributed by atoms with Gasteiger partial charge >= 0.3 is 0 Å². The van der Waals surface area contributed by atoms with Gasteiger partial charge in [0.2, 0.25) is 11.9 Å². The maximum atomic E-state index is 12.4. The summed E-state index contributed by atoms with van der Waals surface area (Å²) in [6.45, 7) is 0.646. The normalized spacial score (nSPS) is 10.9. The summed E-state index contributed by atoms with van der Waals surface area (Å²) in [5.41, 5.74) is 2.15. The first-order valence-corrected chi connectivity index (χ1v) is 11.6. The number of methoxy groups -OCH3 is 1. The summed E-state index contributed by atoms with van der Waals surface area (Å²) >= 11 is 0. The molecular weight excluding hydrogens is 466 g/mol. The van der Waals surface area contributed by atoms with E-state index < -0.39 is 0 Å². The molecule has 1 aromatic heterocycles. The van der Waals surface area contributed by atoms with Crippen LogP contribution in [0, 0.1) is 11.3 Å². The lowest BCUT2D eigenvalue weighted by Gasteiger charge is -2.14. The van der Waals surface area contributed by atoms with Crippen molar-refractivity contribution in [1.82, 2.24) is 14.9 Å². The number of hydrogen-bond donors (Lipinski definition) is 3. The third-order valence-corrected chi connectivity index (χ3v) is 5.39. The summed E-state index contributed by atoms with van der Waals surface area (Å²) in [6, 6.07) is 21.3. The first-order valence-electron chi connectivity index (χ1n) is 11.6. The van der Waals surface area contributed by atoms with Gasteiger partial charge < -0.3 is 25.6 Å². The molecule has 186 valence electrons. The Morgan fingerprint density at radius 1 is 1.05 bits per heavy atom. The van der Waals surface area contributed by atoms with Crippen molar-refractivity contribution in [3.05, 3.63) is 84.6 Å². The maximum Gasteiger partial charge on any atom is 0.248 e. The highest BCUT2D eigenvalue weighted by Crippen LogP contribution is 2.30. The van der Waals surface area contributed by atoms with E-state index in [1.54, 1.807) is 31.4 Å². The Hall–Kier alpha value is -4.94. The molecule has 37 heavy (non-hydrogen) atoms. The summed E-state index contributed by atoms with van der Waals surface area (Å²) in [7, 11) is 5.41. The number of hydrogen-bond acceptors (Lipinski definition) is 8. The zero-order valence-electron chi connectivity index (χ0n) is 20.8. The monoisotopic (exact) mass is 493 g/mol. The van der Waals surface area contributed by atoms with Gasteiger partial charge in [0.25, 0.3) is 0 Å². The van der Waals surface area contributed by atoms with E-state index in [-0.39, 0.29) is 11.9 Å². The number of ether oxygens (including phenoxy) is 1. The first-order chi connectivity index (χ1) is 17.9. The van der Waals surface area contributed by atoms with E-state index in [0.717, 1.165) is 16.5 Å². The molecule has 0 radical (unpaired) electrons. The van der Waals surface area contributed by atoms with Crippen molar-refractivity contribution in [2.75, 3.05) is 43.7 Å². The lowest BCUT2D eigenvalue weighted by molar-refractivity contribution is -0.111. The molecule has 3 N–H and O–H groups in total. The van der Waals surface area contributed by atoms with Crippen LogP contribution in [0.15, 0.2) is 79.0 Å². The lowest BCUT2D eigenvalue weighted by Crippen LogP contribution is -2.13. The van der Waals surface area contributed by atoms with Gasteiger partial charge in [-0.15, -0.1) is 0 Å². The molecule has 0 atom stereocenters. The van der Waals surface area contributed by atoms with Gasteiger partial charge in [0.15, 0.2) is 5.82 Å². The van der Waals surface area contributed by atoms with Gasteiger partial charge in [-0.05, 0) is 49.1 Å². The maximum absolute atomic E-state index is 12.4. The Morgan fingerprint density at radius 3 is 2.62 bits per heavy atom. The Labute approximate surface area is 215 Å². The third kappa shape index (κ3) is 6.60. The molecule has 4 aromatic rings. The molecule has 9 nitrogen and oxygen atoms in total. The van der Waals surface area contributed by atoms with Gasteiger partial charge in [0, 0.05) is 24.4 Å². The molecule has 9 heteroatoms. The molecular formula is C28H27N7O2. The number of likely N-dealkylation sites (N-methyl/N-ethyl adjacent to an activating group) is 1. The van der Waals surface area contributed by atoms with Crippen molar-refractivity contribution >= 4 is 45.5 Å². The van der Waals surface area contributed by atoms with Crippen LogP contribution in [0.25, 0.3) is 10.8 Å². The lowest BCUT2D eigenvalue weighted by atomic mass is 10.1. The molecule has 0 fully saturated rings. The van der Waals surface area contributed by atoms with Crippen LogP contribution in [0.1, 0.15) is 5.56 Å². The fraction of sp³-hybridized carbons (Fsp3) is 0.143. The van der Waals surface area contributed by atoms with E-state index in [9.17, 15) is 10.1 Å². The van der Waals surface area contributed by atoms with E-state index >= 15 is 0 Å². The van der Waals surface area contributed by atoms with Crippen LogP contribution < -0.4 is 20.7 Å². The molecule has 0 spiro atoms. The quantitative estimate of drug-likeness (QED) is 0.277. The highest BCUT2D eigenvalue weighted by Gasteiger charge is 2.12. The zero-order chi connectivity index (χ0) is 26.2. The van der Waals surface area contributed by atoms with Gasteiger partial charge in [-0.3, -0.25) is 4.79 Å². The van der Waals surface area contributed by atoms with Gasteiger partial charge in [0.05, 0.1) is 24.7 Å². The van der Waals surface area contributed by atoms with Gasteiger partial charge in [0.1, 0.15) is 17.4 Å². The predicted molar refractivity (Wildman–Crippen MR) is 147 cm³/mol. The highest BCUT2D eigenvalue weighted by atomic mass is 16.5. The van der Waals surface area contributed by atoms with Crippen LogP contribution in [0.5, 0.6) is 5.75 Å². The Kier molecular flexibility index (Phi) is 7.93. The number of nitrogens with zero attached hydrogens (tertiary/aromatic N) is 4. The van der Waals surface area contributed by atoms with Crippen molar-refractivity contribution in [2.45, 2.75) is 0 Å². The molecule has 1 amide bonds. The SMILES string of the molecule is COc1ccc(NC(=O)/C=C/CN(C)C)c(Nc2ncc(C#N)c(Nc3ccc4ccccc4c3)n2)c1. The zero-order valence-corrected chi connectivity index (χ0v) is 20.8. The average Bonchev–Trinajstić information content (AvgIpc) is 2.89. The summed E-state index contributed by atoms with van der Waals surface area (Å²) in [5, 5.41) is 21.0. The Morgan fingerprint density at radius 2 is 1.86 bits per heavy atom. The Balaban J connectivity index is 1.59. The van der Waals surface area contributed by atoms with Crippen LogP contribution >= 0.6 is 0 Å². The highest BCUT2D eigenvalue weighted by molar-refractivity contribution is 6.01. The van der Waals surface area contributed by atoms with Gasteiger partial charge in [-0.25, -0.2) is 4.98 Å². The van der Waals surface area contributed by atoms with Crippen molar-refractivity contribution in [3.8, 4) is 11.8 Å². The molecule has 0 saturated heterocycles. The third-order valence-electron chi connectivity index (χ3n) is 5.39. The molecule has 1 heterocycles. The molecule has 0 aliphatic heterocycles. The molecule has 3 aromatic carbocycles. The minimum absolute atomic E-state index is 0.245. The minimum Gasteiger partial charge on any atom is -0.497 e. The van der Waals surface area contributed by atoms with Crippen molar-refractivity contribution in [3.63, 3.8) is 0 Å². The number of anilines is 5. The fourth-order valence-corrected chi connectivity index (χ4v) is 3.55. The molecule has 0 unspecified atom stereocenters. The second-order valence-corrected chi connectivity index (χ2v) is 8.45. The van der Waals surface area contributed by atoms with E-state index in [0.29, 0.717) is 35.1 Å². The number of benzene rings is 3. The molecule has 0 aliphatic carbocycles.